The first-order chi connectivity index (χ1) is 23.6. The number of aryl methyl sites for hydroxylation is 1. The lowest BCUT2D eigenvalue weighted by molar-refractivity contribution is 0.0741. The molecule has 0 radical (unpaired) electrons. The van der Waals surface area contributed by atoms with Gasteiger partial charge in [-0.2, -0.15) is 0 Å². The fraction of sp³-hybridized carbons (Fsp3) is 0.537. The van der Waals surface area contributed by atoms with E-state index < -0.39 is 0 Å². The molecule has 1 aliphatic heterocycles. The maximum Gasteiger partial charge on any atom is 0.277 e. The van der Waals surface area contributed by atoms with Crippen molar-refractivity contribution in [2.45, 2.75) is 93.0 Å². The van der Waals surface area contributed by atoms with Crippen LogP contribution in [0.4, 0.5) is 0 Å². The molecule has 49 heavy (non-hydrogen) atoms. The average Bonchev–Trinajstić information content (AvgIpc) is 3.64. The topological polar surface area (TPSA) is 62.9 Å². The molecule has 4 heterocycles. The van der Waals surface area contributed by atoms with Crippen LogP contribution in [0.3, 0.4) is 0 Å². The van der Waals surface area contributed by atoms with E-state index in [1.54, 1.807) is 4.40 Å². The van der Waals surface area contributed by atoms with Gasteiger partial charge in [0.15, 0.2) is 0 Å². The summed E-state index contributed by atoms with van der Waals surface area (Å²) in [6.45, 7) is 18.9. The van der Waals surface area contributed by atoms with Crippen LogP contribution < -0.4 is 5.56 Å². The van der Waals surface area contributed by atoms with Gasteiger partial charge in [0, 0.05) is 30.1 Å². The Kier molecular flexibility index (Phi) is 11.2. The Bertz CT molecular complexity index is 1930. The Morgan fingerprint density at radius 3 is 2.18 bits per heavy atom. The second-order valence-corrected chi connectivity index (χ2v) is 16.5. The van der Waals surface area contributed by atoms with Gasteiger partial charge in [-0.25, -0.2) is 9.38 Å². The number of hydrogen-bond acceptors (Lipinski definition) is 5. The Hall–Kier alpha value is -3.49. The van der Waals surface area contributed by atoms with E-state index in [0.29, 0.717) is 33.8 Å². The number of amides is 1. The number of aromatic nitrogens is 3. The molecule has 5 aromatic rings. The smallest absolute Gasteiger partial charge is 0.277 e. The lowest BCUT2D eigenvalue weighted by Crippen LogP contribution is -2.34. The minimum Gasteiger partial charge on any atom is -0.339 e. The molecule has 0 atom stereocenters. The second-order valence-electron chi connectivity index (χ2n) is 15.4. The predicted molar refractivity (Wildman–Crippen MR) is 206 cm³/mol. The van der Waals surface area contributed by atoms with E-state index in [-0.39, 0.29) is 11.5 Å². The molecule has 8 heteroatoms. The van der Waals surface area contributed by atoms with Gasteiger partial charge in [0.1, 0.15) is 4.70 Å². The number of carbonyl (C=O) groups excluding carboxylic acids is 1. The summed E-state index contributed by atoms with van der Waals surface area (Å²) in [6, 6.07) is 16.7. The quantitative estimate of drug-likeness (QED) is 0.117. The van der Waals surface area contributed by atoms with Crippen molar-refractivity contribution in [3.05, 3.63) is 70.0 Å². The van der Waals surface area contributed by atoms with Gasteiger partial charge in [-0.05, 0) is 111 Å². The number of rotatable bonds is 14. The third-order valence-corrected chi connectivity index (χ3v) is 11.1. The standard InChI is InChI=1S/C41H55N5O2S/c1-28(2)17-23-44(24-18-29(3)4)39(47)33-15-16-35-36(26-33)45(22-10-21-43-19-8-7-9-20-43)41-42-34-27-37(49-38(34)40(48)46(35)41)32-13-11-31(12-14-32)25-30(5)6/h11-16,26-30H,7-10,17-25H2,1-6H3. The molecule has 7 nitrogen and oxygen atoms in total. The Labute approximate surface area is 295 Å². The number of hydrogen-bond donors (Lipinski definition) is 0. The molecule has 0 bridgehead atoms. The highest BCUT2D eigenvalue weighted by Gasteiger charge is 2.22. The molecule has 0 spiro atoms. The summed E-state index contributed by atoms with van der Waals surface area (Å²) in [4.78, 5) is 39.2. The van der Waals surface area contributed by atoms with Crippen molar-refractivity contribution in [1.82, 2.24) is 23.8 Å². The van der Waals surface area contributed by atoms with Crippen molar-refractivity contribution >= 4 is 44.3 Å². The fourth-order valence-corrected chi connectivity index (χ4v) is 8.17. The molecule has 0 unspecified atom stereocenters. The Morgan fingerprint density at radius 1 is 0.837 bits per heavy atom. The average molecular weight is 682 g/mol. The van der Waals surface area contributed by atoms with Gasteiger partial charge in [-0.15, -0.1) is 11.3 Å². The van der Waals surface area contributed by atoms with Crippen LogP contribution in [0.15, 0.2) is 53.3 Å². The van der Waals surface area contributed by atoms with Gasteiger partial charge >= 0.3 is 0 Å². The van der Waals surface area contributed by atoms with Crippen LogP contribution >= 0.6 is 11.3 Å². The lowest BCUT2D eigenvalue weighted by Gasteiger charge is -2.26. The van der Waals surface area contributed by atoms with Crippen LogP contribution in [-0.4, -0.2) is 62.4 Å². The molecule has 1 fully saturated rings. The molecule has 0 saturated carbocycles. The van der Waals surface area contributed by atoms with Gasteiger partial charge in [0.25, 0.3) is 11.5 Å². The summed E-state index contributed by atoms with van der Waals surface area (Å²) in [7, 11) is 0. The first-order valence-corrected chi connectivity index (χ1v) is 19.5. The normalized spacial score (nSPS) is 14.4. The largest absolute Gasteiger partial charge is 0.339 e. The first-order valence-electron chi connectivity index (χ1n) is 18.7. The zero-order valence-corrected chi connectivity index (χ0v) is 31.3. The summed E-state index contributed by atoms with van der Waals surface area (Å²) in [5, 5.41) is 0. The number of piperidine rings is 1. The number of imidazole rings is 1. The molecule has 3 aromatic heterocycles. The maximum atomic E-state index is 14.3. The molecule has 0 aliphatic carbocycles. The number of likely N-dealkylation sites (tertiary alicyclic amines) is 1. The van der Waals surface area contributed by atoms with Gasteiger partial charge < -0.3 is 14.4 Å². The molecular weight excluding hydrogens is 627 g/mol. The van der Waals surface area contributed by atoms with Crippen molar-refractivity contribution in [1.29, 1.82) is 0 Å². The van der Waals surface area contributed by atoms with Crippen LogP contribution in [0, 0.1) is 17.8 Å². The summed E-state index contributed by atoms with van der Waals surface area (Å²) < 4.78 is 4.65. The van der Waals surface area contributed by atoms with Crippen molar-refractivity contribution in [2.24, 2.45) is 17.8 Å². The number of benzene rings is 2. The number of thiophene rings is 1. The van der Waals surface area contributed by atoms with E-state index in [1.165, 1.54) is 36.2 Å². The Balaban J connectivity index is 1.41. The van der Waals surface area contributed by atoms with E-state index in [1.807, 2.05) is 23.1 Å². The first kappa shape index (κ1) is 35.3. The molecule has 2 aromatic carbocycles. The van der Waals surface area contributed by atoms with Gasteiger partial charge in [-0.3, -0.25) is 9.59 Å². The van der Waals surface area contributed by atoms with Crippen molar-refractivity contribution in [3.8, 4) is 10.4 Å². The second kappa shape index (κ2) is 15.6. The number of fused-ring (bicyclic) bond motifs is 4. The monoisotopic (exact) mass is 681 g/mol. The lowest BCUT2D eigenvalue weighted by atomic mass is 10.0. The molecule has 1 aliphatic rings. The maximum absolute atomic E-state index is 14.3. The van der Waals surface area contributed by atoms with Crippen LogP contribution in [0.5, 0.6) is 0 Å². The molecule has 0 N–H and O–H groups in total. The zero-order valence-electron chi connectivity index (χ0n) is 30.5. The summed E-state index contributed by atoms with van der Waals surface area (Å²) in [6.07, 6.45) is 7.81. The highest BCUT2D eigenvalue weighted by molar-refractivity contribution is 7.22. The van der Waals surface area contributed by atoms with E-state index in [0.717, 1.165) is 91.9 Å². The number of nitrogens with zero attached hydrogens (tertiary/aromatic N) is 5. The molecule has 1 saturated heterocycles. The van der Waals surface area contributed by atoms with E-state index >= 15 is 0 Å². The summed E-state index contributed by atoms with van der Waals surface area (Å²) in [5.41, 5.74) is 5.53. The fourth-order valence-electron chi connectivity index (χ4n) is 7.14. The highest BCUT2D eigenvalue weighted by Crippen LogP contribution is 2.33. The minimum absolute atomic E-state index is 0.0398. The van der Waals surface area contributed by atoms with E-state index in [4.69, 9.17) is 4.98 Å². The van der Waals surface area contributed by atoms with Crippen molar-refractivity contribution < 1.29 is 4.79 Å². The summed E-state index contributed by atoms with van der Waals surface area (Å²) >= 11 is 1.52. The van der Waals surface area contributed by atoms with Crippen LogP contribution in [0.2, 0.25) is 0 Å². The number of carbonyl (C=O) groups is 1. The zero-order chi connectivity index (χ0) is 34.7. The van der Waals surface area contributed by atoms with E-state index in [2.05, 4.69) is 81.3 Å². The molecular formula is C41H55N5O2S. The highest BCUT2D eigenvalue weighted by atomic mass is 32.1. The van der Waals surface area contributed by atoms with E-state index in [9.17, 15) is 9.59 Å². The van der Waals surface area contributed by atoms with Gasteiger partial charge in [0.05, 0.1) is 16.6 Å². The van der Waals surface area contributed by atoms with Gasteiger partial charge in [0.2, 0.25) is 5.78 Å². The SMILES string of the molecule is CC(C)CCN(CCC(C)C)C(=O)c1ccc2c(c1)n(CCCN1CCCCC1)c1nc3cc(-c4ccc(CC(C)C)cc4)sc3c(=O)n21. The third-order valence-electron chi connectivity index (χ3n) is 9.95. The van der Waals surface area contributed by atoms with Crippen LogP contribution in [0.25, 0.3) is 37.5 Å². The van der Waals surface area contributed by atoms with Crippen LogP contribution in [-0.2, 0) is 13.0 Å². The summed E-state index contributed by atoms with van der Waals surface area (Å²) in [5.74, 6) is 2.38. The Morgan fingerprint density at radius 2 is 1.53 bits per heavy atom. The molecule has 262 valence electrons. The van der Waals surface area contributed by atoms with Gasteiger partial charge in [-0.1, -0.05) is 72.2 Å². The van der Waals surface area contributed by atoms with Crippen molar-refractivity contribution in [3.63, 3.8) is 0 Å². The molecule has 6 rings (SSSR count). The van der Waals surface area contributed by atoms with Crippen LogP contribution in [0.1, 0.15) is 96.0 Å². The minimum atomic E-state index is -0.0398. The van der Waals surface area contributed by atoms with Crippen molar-refractivity contribution in [2.75, 3.05) is 32.7 Å². The predicted octanol–water partition coefficient (Wildman–Crippen LogP) is 9.14. The third kappa shape index (κ3) is 8.12. The molecule has 1 amide bonds.